The van der Waals surface area contributed by atoms with Gasteiger partial charge in [0.15, 0.2) is 0 Å². The first-order valence-corrected chi connectivity index (χ1v) is 6.00. The summed E-state index contributed by atoms with van der Waals surface area (Å²) in [6, 6.07) is 6.53. The molecule has 2 aromatic rings. The smallest absolute Gasteiger partial charge is 0.0468 e. The van der Waals surface area contributed by atoms with Gasteiger partial charge < -0.3 is 10.7 Å². The Kier molecular flexibility index (Phi) is 1.94. The molecule has 0 bridgehead atoms. The third kappa shape index (κ3) is 1.70. The Hall–Kier alpha value is -0.800. The molecule has 15 heavy (non-hydrogen) atoms. The summed E-state index contributed by atoms with van der Waals surface area (Å²) in [7, 11) is 0. The maximum atomic E-state index is 6.11. The van der Waals surface area contributed by atoms with Crippen molar-refractivity contribution in [2.24, 2.45) is 5.73 Å². The summed E-state index contributed by atoms with van der Waals surface area (Å²) in [5, 5.41) is 1.24. The van der Waals surface area contributed by atoms with E-state index < -0.39 is 0 Å². The Labute approximate surface area is 97.0 Å². The highest BCUT2D eigenvalue weighted by atomic mass is 79.9. The van der Waals surface area contributed by atoms with Crippen LogP contribution in [0.2, 0.25) is 0 Å². The summed E-state index contributed by atoms with van der Waals surface area (Å²) in [4.78, 5) is 3.25. The zero-order chi connectivity index (χ0) is 10.5. The Morgan fingerprint density at radius 3 is 2.93 bits per heavy atom. The third-order valence-electron chi connectivity index (χ3n) is 3.14. The molecular formula is C12H13BrN2. The highest BCUT2D eigenvalue weighted by Crippen LogP contribution is 2.36. The van der Waals surface area contributed by atoms with Gasteiger partial charge in [-0.3, -0.25) is 0 Å². The summed E-state index contributed by atoms with van der Waals surface area (Å²) in [5.74, 6) is 0. The minimum atomic E-state index is 0.0947. The van der Waals surface area contributed by atoms with Gasteiger partial charge >= 0.3 is 0 Å². The van der Waals surface area contributed by atoms with Crippen LogP contribution < -0.4 is 5.73 Å². The van der Waals surface area contributed by atoms with Gasteiger partial charge in [-0.1, -0.05) is 12.1 Å². The van der Waals surface area contributed by atoms with Gasteiger partial charge in [-0.05, 0) is 46.8 Å². The van der Waals surface area contributed by atoms with Crippen molar-refractivity contribution in [2.45, 2.75) is 24.8 Å². The second-order valence-corrected chi connectivity index (χ2v) is 5.41. The SMILES string of the molecule is NC1(Cc2ccc3c(Br)c[nH]c3c2)CC1. The number of fused-ring (bicyclic) bond motifs is 1. The van der Waals surface area contributed by atoms with Gasteiger partial charge in [-0.15, -0.1) is 0 Å². The second-order valence-electron chi connectivity index (χ2n) is 4.56. The van der Waals surface area contributed by atoms with E-state index in [1.165, 1.54) is 29.3 Å². The summed E-state index contributed by atoms with van der Waals surface area (Å²) in [6.45, 7) is 0. The fourth-order valence-corrected chi connectivity index (χ4v) is 2.45. The van der Waals surface area contributed by atoms with Gasteiger partial charge in [-0.2, -0.15) is 0 Å². The van der Waals surface area contributed by atoms with E-state index >= 15 is 0 Å². The first kappa shape index (κ1) is 9.43. The Morgan fingerprint density at radius 2 is 2.20 bits per heavy atom. The summed E-state index contributed by atoms with van der Waals surface area (Å²) in [6.07, 6.45) is 5.31. The van der Waals surface area contributed by atoms with E-state index in [9.17, 15) is 0 Å². The van der Waals surface area contributed by atoms with Gasteiger partial charge in [0.25, 0.3) is 0 Å². The molecule has 0 unspecified atom stereocenters. The van der Waals surface area contributed by atoms with Gasteiger partial charge in [0.2, 0.25) is 0 Å². The number of rotatable bonds is 2. The van der Waals surface area contributed by atoms with Crippen molar-refractivity contribution in [3.05, 3.63) is 34.4 Å². The molecule has 78 valence electrons. The predicted molar refractivity (Wildman–Crippen MR) is 65.9 cm³/mol. The maximum Gasteiger partial charge on any atom is 0.0468 e. The van der Waals surface area contributed by atoms with Crippen LogP contribution in [0.15, 0.2) is 28.9 Å². The van der Waals surface area contributed by atoms with E-state index in [-0.39, 0.29) is 5.54 Å². The van der Waals surface area contributed by atoms with E-state index in [2.05, 4.69) is 39.1 Å². The number of halogens is 1. The van der Waals surface area contributed by atoms with Crippen LogP contribution in [0.5, 0.6) is 0 Å². The van der Waals surface area contributed by atoms with Crippen molar-refractivity contribution in [3.63, 3.8) is 0 Å². The predicted octanol–water partition coefficient (Wildman–Crippen LogP) is 2.96. The molecule has 3 heteroatoms. The molecule has 0 saturated heterocycles. The van der Waals surface area contributed by atoms with Crippen molar-refractivity contribution in [3.8, 4) is 0 Å². The molecule has 1 aliphatic rings. The highest BCUT2D eigenvalue weighted by molar-refractivity contribution is 9.10. The molecular weight excluding hydrogens is 252 g/mol. The molecule has 0 amide bonds. The summed E-state index contributed by atoms with van der Waals surface area (Å²) >= 11 is 3.51. The van der Waals surface area contributed by atoms with Gasteiger partial charge in [0.1, 0.15) is 0 Å². The molecule has 0 atom stereocenters. The lowest BCUT2D eigenvalue weighted by atomic mass is 10.0. The standard InChI is InChI=1S/C12H13BrN2/c13-10-7-15-11-5-8(1-2-9(10)11)6-12(14)3-4-12/h1-2,5,7,15H,3-4,6,14H2. The van der Waals surface area contributed by atoms with Crippen molar-refractivity contribution >= 4 is 26.8 Å². The highest BCUT2D eigenvalue weighted by Gasteiger charge is 2.37. The third-order valence-corrected chi connectivity index (χ3v) is 3.80. The number of nitrogens with one attached hydrogen (secondary N) is 1. The molecule has 3 rings (SSSR count). The Balaban J connectivity index is 1.99. The number of aromatic nitrogens is 1. The number of hydrogen-bond donors (Lipinski definition) is 2. The Bertz CT molecular complexity index is 511. The second kappa shape index (κ2) is 3.09. The lowest BCUT2D eigenvalue weighted by Gasteiger charge is -2.08. The molecule has 1 aromatic carbocycles. The van der Waals surface area contributed by atoms with Crippen molar-refractivity contribution < 1.29 is 0 Å². The number of nitrogens with two attached hydrogens (primary N) is 1. The molecule has 0 aliphatic heterocycles. The van der Waals surface area contributed by atoms with E-state index in [1.807, 2.05) is 6.20 Å². The fourth-order valence-electron chi connectivity index (χ4n) is 1.99. The topological polar surface area (TPSA) is 41.8 Å². The zero-order valence-electron chi connectivity index (χ0n) is 8.39. The molecule has 1 saturated carbocycles. The molecule has 2 nitrogen and oxygen atoms in total. The van der Waals surface area contributed by atoms with Crippen molar-refractivity contribution in [1.29, 1.82) is 0 Å². The maximum absolute atomic E-state index is 6.11. The van der Waals surface area contributed by atoms with Crippen LogP contribution in [0.25, 0.3) is 10.9 Å². The van der Waals surface area contributed by atoms with Crippen molar-refractivity contribution in [1.82, 2.24) is 4.98 Å². The molecule has 0 spiro atoms. The molecule has 1 aromatic heterocycles. The van der Waals surface area contributed by atoms with Crippen LogP contribution in [0.1, 0.15) is 18.4 Å². The molecule has 1 heterocycles. The number of benzene rings is 1. The van der Waals surface area contributed by atoms with Gasteiger partial charge in [0.05, 0.1) is 0 Å². The quantitative estimate of drug-likeness (QED) is 0.861. The minimum absolute atomic E-state index is 0.0947. The summed E-state index contributed by atoms with van der Waals surface area (Å²) < 4.78 is 1.12. The van der Waals surface area contributed by atoms with E-state index in [0.717, 1.165) is 10.9 Å². The average molecular weight is 265 g/mol. The average Bonchev–Trinajstić information content (AvgIpc) is 2.81. The lowest BCUT2D eigenvalue weighted by Crippen LogP contribution is -2.24. The van der Waals surface area contributed by atoms with Crippen LogP contribution in [0, 0.1) is 0 Å². The summed E-state index contributed by atoms with van der Waals surface area (Å²) in [5.41, 5.74) is 8.72. The van der Waals surface area contributed by atoms with E-state index in [4.69, 9.17) is 5.73 Å². The fraction of sp³-hybridized carbons (Fsp3) is 0.333. The molecule has 1 fully saturated rings. The van der Waals surface area contributed by atoms with Crippen molar-refractivity contribution in [2.75, 3.05) is 0 Å². The molecule has 1 aliphatic carbocycles. The lowest BCUT2D eigenvalue weighted by molar-refractivity contribution is 0.672. The van der Waals surface area contributed by atoms with Crippen LogP contribution in [-0.4, -0.2) is 10.5 Å². The normalized spacial score (nSPS) is 18.3. The minimum Gasteiger partial charge on any atom is -0.360 e. The molecule has 0 radical (unpaired) electrons. The van der Waals surface area contributed by atoms with Gasteiger partial charge in [0, 0.05) is 27.1 Å². The first-order valence-electron chi connectivity index (χ1n) is 5.21. The first-order chi connectivity index (χ1) is 7.16. The van der Waals surface area contributed by atoms with Crippen LogP contribution >= 0.6 is 15.9 Å². The van der Waals surface area contributed by atoms with Crippen LogP contribution in [-0.2, 0) is 6.42 Å². The Morgan fingerprint density at radius 1 is 1.40 bits per heavy atom. The number of hydrogen-bond acceptors (Lipinski definition) is 1. The van der Waals surface area contributed by atoms with Crippen LogP contribution in [0.3, 0.4) is 0 Å². The molecule has 3 N–H and O–H groups in total. The largest absolute Gasteiger partial charge is 0.360 e. The number of H-pyrrole nitrogens is 1. The number of aromatic amines is 1. The zero-order valence-corrected chi connectivity index (χ0v) is 9.97. The van der Waals surface area contributed by atoms with E-state index in [1.54, 1.807) is 0 Å². The monoisotopic (exact) mass is 264 g/mol. The van der Waals surface area contributed by atoms with E-state index in [0.29, 0.717) is 0 Å². The van der Waals surface area contributed by atoms with Crippen LogP contribution in [0.4, 0.5) is 0 Å². The van der Waals surface area contributed by atoms with Gasteiger partial charge in [-0.25, -0.2) is 0 Å².